The van der Waals surface area contributed by atoms with Crippen LogP contribution in [0.2, 0.25) is 0 Å². The molecule has 2 aromatic carbocycles. The SMILES string of the molecule is [C-]#[N+]c1c(C)c(N=Nc2cccc3c2C(=O)c2ccccc2C3=O)c(=O)n(CCCC)c1O. The molecule has 164 valence electrons. The highest BCUT2D eigenvalue weighted by atomic mass is 16.3. The molecule has 1 heterocycles. The zero-order valence-electron chi connectivity index (χ0n) is 18.1. The molecule has 1 aliphatic carbocycles. The highest BCUT2D eigenvalue weighted by molar-refractivity contribution is 6.29. The van der Waals surface area contributed by atoms with Crippen LogP contribution in [0.3, 0.4) is 0 Å². The first kappa shape index (κ1) is 21.8. The Bertz CT molecular complexity index is 1440. The molecule has 1 N–H and O–H groups in total. The molecule has 0 amide bonds. The number of benzene rings is 2. The average Bonchev–Trinajstić information content (AvgIpc) is 2.82. The monoisotopic (exact) mass is 440 g/mol. The summed E-state index contributed by atoms with van der Waals surface area (Å²) in [6.45, 7) is 11.1. The van der Waals surface area contributed by atoms with Crippen molar-refractivity contribution in [2.24, 2.45) is 10.2 Å². The Kier molecular flexibility index (Phi) is 5.71. The molecule has 33 heavy (non-hydrogen) atoms. The lowest BCUT2D eigenvalue weighted by molar-refractivity contribution is 0.0979. The number of aromatic hydroxyl groups is 1. The van der Waals surface area contributed by atoms with Crippen LogP contribution in [-0.2, 0) is 6.54 Å². The van der Waals surface area contributed by atoms with Crippen molar-refractivity contribution >= 4 is 28.6 Å². The molecular weight excluding hydrogens is 420 g/mol. The van der Waals surface area contributed by atoms with E-state index in [9.17, 15) is 19.5 Å². The van der Waals surface area contributed by atoms with E-state index < -0.39 is 11.4 Å². The number of pyridine rings is 1. The smallest absolute Gasteiger partial charge is 0.279 e. The molecule has 0 radical (unpaired) electrons. The second-order valence-corrected chi connectivity index (χ2v) is 7.67. The first-order valence-electron chi connectivity index (χ1n) is 10.5. The Morgan fingerprint density at radius 2 is 1.64 bits per heavy atom. The van der Waals surface area contributed by atoms with E-state index >= 15 is 0 Å². The van der Waals surface area contributed by atoms with Gasteiger partial charge in [0.2, 0.25) is 5.69 Å². The van der Waals surface area contributed by atoms with E-state index in [-0.39, 0.29) is 57.4 Å². The number of carbonyl (C=O) groups is 2. The minimum absolute atomic E-state index is 0.0741. The van der Waals surface area contributed by atoms with Crippen LogP contribution in [0.25, 0.3) is 4.85 Å². The normalized spacial score (nSPS) is 12.5. The van der Waals surface area contributed by atoms with Crippen molar-refractivity contribution in [2.75, 3.05) is 0 Å². The Morgan fingerprint density at radius 1 is 0.970 bits per heavy atom. The Hall–Kier alpha value is -4.38. The first-order valence-corrected chi connectivity index (χ1v) is 10.5. The largest absolute Gasteiger partial charge is 0.503 e. The topological polar surface area (TPSA) is 105 Å². The third-order valence-corrected chi connectivity index (χ3v) is 5.66. The van der Waals surface area contributed by atoms with Crippen molar-refractivity contribution in [1.29, 1.82) is 0 Å². The minimum Gasteiger partial charge on any atom is -0.503 e. The number of fused-ring (bicyclic) bond motifs is 2. The number of unbranched alkanes of at least 4 members (excludes halogenated alkanes) is 1. The number of rotatable bonds is 5. The van der Waals surface area contributed by atoms with Gasteiger partial charge in [0.25, 0.3) is 5.56 Å². The molecule has 0 bridgehead atoms. The maximum Gasteiger partial charge on any atom is 0.279 e. The summed E-state index contributed by atoms with van der Waals surface area (Å²) < 4.78 is 1.11. The molecule has 0 fully saturated rings. The quantitative estimate of drug-likeness (QED) is 0.331. The van der Waals surface area contributed by atoms with Gasteiger partial charge >= 0.3 is 0 Å². The van der Waals surface area contributed by atoms with E-state index in [1.54, 1.807) is 42.5 Å². The number of carbonyl (C=O) groups excluding carboxylic acids is 2. The van der Waals surface area contributed by atoms with Crippen molar-refractivity contribution in [3.8, 4) is 5.88 Å². The molecule has 1 aromatic heterocycles. The molecule has 0 unspecified atom stereocenters. The molecule has 1 aliphatic rings. The van der Waals surface area contributed by atoms with Gasteiger partial charge in [0, 0.05) is 23.2 Å². The fourth-order valence-corrected chi connectivity index (χ4v) is 3.88. The molecule has 4 rings (SSSR count). The third-order valence-electron chi connectivity index (χ3n) is 5.66. The van der Waals surface area contributed by atoms with Crippen LogP contribution in [0.1, 0.15) is 57.2 Å². The van der Waals surface area contributed by atoms with Crippen molar-refractivity contribution in [2.45, 2.75) is 33.2 Å². The Balaban J connectivity index is 1.86. The van der Waals surface area contributed by atoms with Gasteiger partial charge in [-0.05, 0) is 25.0 Å². The van der Waals surface area contributed by atoms with Gasteiger partial charge < -0.3 is 5.11 Å². The van der Waals surface area contributed by atoms with Crippen LogP contribution in [0.4, 0.5) is 17.1 Å². The number of ketones is 2. The summed E-state index contributed by atoms with van der Waals surface area (Å²) >= 11 is 0. The van der Waals surface area contributed by atoms with Gasteiger partial charge in [-0.15, -0.1) is 10.2 Å². The highest BCUT2D eigenvalue weighted by Crippen LogP contribution is 2.37. The summed E-state index contributed by atoms with van der Waals surface area (Å²) in [7, 11) is 0. The summed E-state index contributed by atoms with van der Waals surface area (Å²) in [5.41, 5.74) is 0.565. The Morgan fingerprint density at radius 3 is 2.30 bits per heavy atom. The van der Waals surface area contributed by atoms with Gasteiger partial charge in [-0.25, -0.2) is 4.85 Å². The van der Waals surface area contributed by atoms with E-state index in [0.717, 1.165) is 11.0 Å². The van der Waals surface area contributed by atoms with Crippen molar-refractivity contribution in [1.82, 2.24) is 4.57 Å². The Labute approximate surface area is 189 Å². The molecule has 0 aliphatic heterocycles. The van der Waals surface area contributed by atoms with E-state index in [2.05, 4.69) is 15.1 Å². The van der Waals surface area contributed by atoms with Crippen LogP contribution in [0, 0.1) is 13.5 Å². The van der Waals surface area contributed by atoms with Crippen LogP contribution in [-0.4, -0.2) is 21.2 Å². The van der Waals surface area contributed by atoms with Gasteiger partial charge in [0.15, 0.2) is 17.4 Å². The molecule has 3 aromatic rings. The van der Waals surface area contributed by atoms with Gasteiger partial charge in [-0.1, -0.05) is 49.7 Å². The number of hydrogen-bond donors (Lipinski definition) is 1. The zero-order valence-corrected chi connectivity index (χ0v) is 18.1. The van der Waals surface area contributed by atoms with E-state index in [1.165, 1.54) is 6.92 Å². The molecule has 0 spiro atoms. The summed E-state index contributed by atoms with van der Waals surface area (Å²) in [5, 5.41) is 18.6. The molecule has 0 saturated heterocycles. The lowest BCUT2D eigenvalue weighted by Gasteiger charge is -2.18. The van der Waals surface area contributed by atoms with Crippen LogP contribution < -0.4 is 5.56 Å². The maximum atomic E-state index is 13.1. The summed E-state index contributed by atoms with van der Waals surface area (Å²) in [6, 6.07) is 11.3. The number of azo groups is 1. The predicted octanol–water partition coefficient (Wildman–Crippen LogP) is 5.40. The van der Waals surface area contributed by atoms with Crippen molar-refractivity contribution in [3.63, 3.8) is 0 Å². The van der Waals surface area contributed by atoms with Crippen molar-refractivity contribution in [3.05, 3.63) is 92.1 Å². The van der Waals surface area contributed by atoms with E-state index in [1.807, 2.05) is 6.92 Å². The standard InChI is InChI=1S/C25H20N4O4/c1-4-5-13-29-24(32)20(26-3)14(2)21(25(29)33)28-27-18-12-8-11-17-19(18)23(31)16-10-7-6-9-15(16)22(17)30/h6-12,32H,4-5,13H2,1-2H3. The van der Waals surface area contributed by atoms with Gasteiger partial charge in [0.1, 0.15) is 5.69 Å². The van der Waals surface area contributed by atoms with Gasteiger partial charge in [-0.3, -0.25) is 19.0 Å². The van der Waals surface area contributed by atoms with E-state index in [4.69, 9.17) is 6.57 Å². The molecule has 0 atom stereocenters. The number of aromatic nitrogens is 1. The lowest BCUT2D eigenvalue weighted by atomic mass is 9.83. The number of hydrogen-bond acceptors (Lipinski definition) is 6. The third kappa shape index (κ3) is 3.53. The van der Waals surface area contributed by atoms with Crippen LogP contribution in [0.5, 0.6) is 5.88 Å². The predicted molar refractivity (Wildman–Crippen MR) is 122 cm³/mol. The fraction of sp³-hybridized carbons (Fsp3) is 0.200. The fourth-order valence-electron chi connectivity index (χ4n) is 3.88. The summed E-state index contributed by atoms with van der Waals surface area (Å²) in [5.74, 6) is -1.02. The van der Waals surface area contributed by atoms with E-state index in [0.29, 0.717) is 12.0 Å². The lowest BCUT2D eigenvalue weighted by Crippen LogP contribution is -2.21. The minimum atomic E-state index is -0.577. The average molecular weight is 440 g/mol. The molecule has 8 heteroatoms. The first-order chi connectivity index (χ1) is 15.9. The summed E-state index contributed by atoms with van der Waals surface area (Å²) in [4.78, 5) is 42.4. The molecule has 8 nitrogen and oxygen atoms in total. The second-order valence-electron chi connectivity index (χ2n) is 7.67. The van der Waals surface area contributed by atoms with Gasteiger partial charge in [0.05, 0.1) is 17.8 Å². The van der Waals surface area contributed by atoms with Crippen molar-refractivity contribution < 1.29 is 14.7 Å². The molecular formula is C25H20N4O4. The van der Waals surface area contributed by atoms with Crippen LogP contribution in [0.15, 0.2) is 57.5 Å². The number of nitrogens with zero attached hydrogens (tertiary/aromatic N) is 4. The van der Waals surface area contributed by atoms with Crippen LogP contribution >= 0.6 is 0 Å². The maximum absolute atomic E-state index is 13.1. The summed E-state index contributed by atoms with van der Waals surface area (Å²) in [6.07, 6.45) is 1.42. The van der Waals surface area contributed by atoms with Gasteiger partial charge in [-0.2, -0.15) is 0 Å². The highest BCUT2D eigenvalue weighted by Gasteiger charge is 2.31. The molecule has 0 saturated carbocycles. The zero-order chi connectivity index (χ0) is 23.7. The second kappa shape index (κ2) is 8.63.